The minimum Gasteiger partial charge on any atom is -0.383 e. The highest BCUT2D eigenvalue weighted by Gasteiger charge is 2.38. The molecule has 2 aliphatic heterocycles. The monoisotopic (exact) mass is 603 g/mol. The highest BCUT2D eigenvalue weighted by atomic mass is 19.4. The number of halogens is 6. The first kappa shape index (κ1) is 30.4. The van der Waals surface area contributed by atoms with E-state index in [-0.39, 0.29) is 23.6 Å². The van der Waals surface area contributed by atoms with Crippen LogP contribution in [0.1, 0.15) is 60.9 Å². The molecule has 6 nitrogen and oxygen atoms in total. The predicted molar refractivity (Wildman–Crippen MR) is 152 cm³/mol. The van der Waals surface area contributed by atoms with Crippen LogP contribution in [0.2, 0.25) is 0 Å². The Morgan fingerprint density at radius 2 is 1.65 bits per heavy atom. The fourth-order valence-corrected chi connectivity index (χ4v) is 5.75. The second-order valence-corrected chi connectivity index (χ2v) is 11.2. The van der Waals surface area contributed by atoms with Gasteiger partial charge in [-0.3, -0.25) is 9.78 Å². The van der Waals surface area contributed by atoms with Gasteiger partial charge in [-0.2, -0.15) is 26.3 Å². The lowest BCUT2D eigenvalue weighted by molar-refractivity contribution is -0.138. The van der Waals surface area contributed by atoms with Crippen molar-refractivity contribution in [3.05, 3.63) is 77.4 Å². The number of amides is 1. The number of alkyl halides is 6. The van der Waals surface area contributed by atoms with Crippen molar-refractivity contribution in [1.29, 1.82) is 0 Å². The molecule has 12 heteroatoms. The lowest BCUT2D eigenvalue weighted by Gasteiger charge is -2.31. The summed E-state index contributed by atoms with van der Waals surface area (Å²) >= 11 is 0. The van der Waals surface area contributed by atoms with Gasteiger partial charge >= 0.3 is 12.4 Å². The fourth-order valence-electron chi connectivity index (χ4n) is 5.75. The molecule has 1 amide bonds. The Balaban J connectivity index is 1.56. The highest BCUT2D eigenvalue weighted by Crippen LogP contribution is 2.44. The molecule has 1 aromatic carbocycles. The van der Waals surface area contributed by atoms with Gasteiger partial charge in [-0.25, -0.2) is 4.98 Å². The van der Waals surface area contributed by atoms with Crippen molar-refractivity contribution in [3.63, 3.8) is 0 Å². The number of carbonyl (C=O) groups excluding carboxylic acids is 1. The van der Waals surface area contributed by atoms with Gasteiger partial charge in [0.2, 0.25) is 5.91 Å². The Morgan fingerprint density at radius 3 is 2.37 bits per heavy atom. The van der Waals surface area contributed by atoms with Crippen LogP contribution in [0.25, 0.3) is 16.7 Å². The van der Waals surface area contributed by atoms with E-state index in [0.717, 1.165) is 31.4 Å². The Hall–Kier alpha value is -4.09. The molecule has 0 radical (unpaired) electrons. The van der Waals surface area contributed by atoms with Crippen LogP contribution in [0.4, 0.5) is 37.8 Å². The molecule has 5 rings (SSSR count). The van der Waals surface area contributed by atoms with Crippen molar-refractivity contribution in [2.24, 2.45) is 5.92 Å². The van der Waals surface area contributed by atoms with Crippen molar-refractivity contribution in [1.82, 2.24) is 14.9 Å². The summed E-state index contributed by atoms with van der Waals surface area (Å²) in [6, 6.07) is 8.15. The molecule has 0 spiro atoms. The Labute approximate surface area is 245 Å². The van der Waals surface area contributed by atoms with Gasteiger partial charge in [0.05, 0.1) is 16.8 Å². The van der Waals surface area contributed by atoms with E-state index in [1.165, 1.54) is 48.7 Å². The SMILES string of the molecule is CC1CCCN(c2ccc(C3CC(=O)N(C)C=C3c3cc(-c4cnc(N)c(C(F)(F)F)c4)ccn3)cc2C(F)(F)F)CC1. The first-order valence-corrected chi connectivity index (χ1v) is 14.0. The average Bonchev–Trinajstić information content (AvgIpc) is 3.17. The van der Waals surface area contributed by atoms with Gasteiger partial charge in [0.15, 0.2) is 0 Å². The van der Waals surface area contributed by atoms with Crippen molar-refractivity contribution >= 4 is 23.0 Å². The molecular weight excluding hydrogens is 572 g/mol. The molecule has 2 aromatic heterocycles. The van der Waals surface area contributed by atoms with Gasteiger partial charge in [-0.15, -0.1) is 0 Å². The third-order valence-corrected chi connectivity index (χ3v) is 8.18. The molecule has 2 atom stereocenters. The number of hydrogen-bond acceptors (Lipinski definition) is 5. The molecule has 2 unspecified atom stereocenters. The third kappa shape index (κ3) is 6.47. The molecule has 43 heavy (non-hydrogen) atoms. The van der Waals surface area contributed by atoms with Crippen molar-refractivity contribution < 1.29 is 31.1 Å². The molecule has 0 saturated carbocycles. The first-order valence-electron chi connectivity index (χ1n) is 14.0. The summed E-state index contributed by atoms with van der Waals surface area (Å²) < 4.78 is 83.8. The van der Waals surface area contributed by atoms with E-state index in [1.54, 1.807) is 11.0 Å². The summed E-state index contributed by atoms with van der Waals surface area (Å²) in [4.78, 5) is 24.0. The lowest BCUT2D eigenvalue weighted by Crippen LogP contribution is -2.30. The van der Waals surface area contributed by atoms with Gasteiger partial charge in [-0.1, -0.05) is 13.0 Å². The maximum absolute atomic E-state index is 14.4. The number of benzene rings is 1. The number of allylic oxidation sites excluding steroid dienone is 1. The van der Waals surface area contributed by atoms with Gasteiger partial charge < -0.3 is 15.5 Å². The van der Waals surface area contributed by atoms with Crippen molar-refractivity contribution in [2.45, 2.75) is 50.9 Å². The van der Waals surface area contributed by atoms with Gasteiger partial charge in [0, 0.05) is 67.9 Å². The molecule has 2 N–H and O–H groups in total. The molecular formula is C31H31F6N5O. The Morgan fingerprint density at radius 1 is 0.907 bits per heavy atom. The van der Waals surface area contributed by atoms with Gasteiger partial charge in [0.1, 0.15) is 5.82 Å². The lowest BCUT2D eigenvalue weighted by atomic mass is 9.83. The van der Waals surface area contributed by atoms with E-state index >= 15 is 0 Å². The van der Waals surface area contributed by atoms with E-state index in [1.807, 2.05) is 0 Å². The zero-order chi connectivity index (χ0) is 31.1. The summed E-state index contributed by atoms with van der Waals surface area (Å²) in [6.45, 7) is 3.15. The Bertz CT molecular complexity index is 1550. The standard InChI is InChI=1S/C31H31F6N5O/c1-18-4-3-10-42(11-8-18)27-6-5-20(12-24(27)30(32,33)34)22-15-28(43)41(2)17-23(22)26-14-19(7-9-39-26)21-13-25(31(35,36)37)29(38)40-16-21/h5-7,9,12-14,16-18,22H,3-4,8,10-11,15H2,1-2H3,(H2,38,40). The summed E-state index contributed by atoms with van der Waals surface area (Å²) in [6.07, 6.45) is -2.76. The van der Waals surface area contributed by atoms with Gasteiger partial charge in [-0.05, 0) is 66.6 Å². The van der Waals surface area contributed by atoms with E-state index in [4.69, 9.17) is 5.73 Å². The number of pyridine rings is 2. The van der Waals surface area contributed by atoms with Crippen LogP contribution in [-0.2, 0) is 17.1 Å². The van der Waals surface area contributed by atoms with E-state index in [2.05, 4.69) is 16.9 Å². The number of nitrogens with zero attached hydrogens (tertiary/aromatic N) is 4. The zero-order valence-electron chi connectivity index (χ0n) is 23.6. The number of nitrogen functional groups attached to an aromatic ring is 1. The van der Waals surface area contributed by atoms with E-state index in [9.17, 15) is 31.1 Å². The Kier molecular flexibility index (Phi) is 8.15. The largest absolute Gasteiger partial charge is 0.419 e. The third-order valence-electron chi connectivity index (χ3n) is 8.18. The predicted octanol–water partition coefficient (Wildman–Crippen LogP) is 7.38. The number of aromatic nitrogens is 2. The first-order chi connectivity index (χ1) is 20.2. The molecule has 0 bridgehead atoms. The van der Waals surface area contributed by atoms with Crippen LogP contribution in [0, 0.1) is 5.92 Å². The smallest absolute Gasteiger partial charge is 0.383 e. The summed E-state index contributed by atoms with van der Waals surface area (Å²) in [5.74, 6) is -1.27. The molecule has 0 aliphatic carbocycles. The topological polar surface area (TPSA) is 75.4 Å². The van der Waals surface area contributed by atoms with Crippen LogP contribution >= 0.6 is 0 Å². The number of hydrogen-bond donors (Lipinski definition) is 1. The van der Waals surface area contributed by atoms with Crippen LogP contribution in [0.5, 0.6) is 0 Å². The van der Waals surface area contributed by atoms with Crippen LogP contribution < -0.4 is 10.6 Å². The summed E-state index contributed by atoms with van der Waals surface area (Å²) in [5.41, 5.74) is 5.29. The number of anilines is 2. The second kappa shape index (κ2) is 11.5. The fraction of sp³-hybridized carbons (Fsp3) is 0.387. The maximum atomic E-state index is 14.4. The number of rotatable bonds is 4. The quantitative estimate of drug-likeness (QED) is 0.315. The number of nitrogens with two attached hydrogens (primary N) is 1. The molecule has 228 valence electrons. The molecule has 1 fully saturated rings. The second-order valence-electron chi connectivity index (χ2n) is 11.2. The molecule has 4 heterocycles. The normalized spacial score (nSPS) is 20.2. The average molecular weight is 604 g/mol. The highest BCUT2D eigenvalue weighted by molar-refractivity contribution is 5.88. The molecule has 3 aromatic rings. The minimum absolute atomic E-state index is 0.103. The zero-order valence-corrected chi connectivity index (χ0v) is 23.6. The van der Waals surface area contributed by atoms with Crippen molar-refractivity contribution in [3.8, 4) is 11.1 Å². The number of carbonyl (C=O) groups is 1. The van der Waals surface area contributed by atoms with Crippen molar-refractivity contribution in [2.75, 3.05) is 30.8 Å². The summed E-state index contributed by atoms with van der Waals surface area (Å²) in [5, 5.41) is 0. The van der Waals surface area contributed by atoms with Crippen LogP contribution in [-0.4, -0.2) is 40.9 Å². The van der Waals surface area contributed by atoms with E-state index in [0.29, 0.717) is 41.4 Å². The van der Waals surface area contributed by atoms with Gasteiger partial charge in [0.25, 0.3) is 0 Å². The van der Waals surface area contributed by atoms with Crippen LogP contribution in [0.3, 0.4) is 0 Å². The van der Waals surface area contributed by atoms with Crippen LogP contribution in [0.15, 0.2) is 55.0 Å². The maximum Gasteiger partial charge on any atom is 0.419 e. The molecule has 2 aliphatic rings. The van der Waals surface area contributed by atoms with E-state index < -0.39 is 35.2 Å². The summed E-state index contributed by atoms with van der Waals surface area (Å²) in [7, 11) is 1.53. The minimum atomic E-state index is -4.71. The molecule has 1 saturated heterocycles.